The Morgan fingerprint density at radius 3 is 2.58 bits per heavy atom. The van der Waals surface area contributed by atoms with Crippen molar-refractivity contribution in [2.75, 3.05) is 27.9 Å². The van der Waals surface area contributed by atoms with Crippen LogP contribution >= 0.6 is 11.6 Å². The molecular formula is C13H18ClNO4. The number of methoxy groups -OCH3 is 3. The first kappa shape index (κ1) is 15.6. The van der Waals surface area contributed by atoms with E-state index >= 15 is 0 Å². The highest BCUT2D eigenvalue weighted by Gasteiger charge is 2.12. The molecule has 0 saturated carbocycles. The molecule has 19 heavy (non-hydrogen) atoms. The van der Waals surface area contributed by atoms with E-state index in [1.54, 1.807) is 13.2 Å². The standard InChI is InChI=1S/C13H18ClNO4/c1-17-10-5-4-9(12(14)13(10)19-3)8-15-7-6-11(16)18-2/h4-5,15H,6-8H2,1-3H3. The van der Waals surface area contributed by atoms with Gasteiger partial charge >= 0.3 is 5.97 Å². The van der Waals surface area contributed by atoms with Crippen LogP contribution in [0.1, 0.15) is 12.0 Å². The second-order valence-electron chi connectivity index (χ2n) is 3.78. The van der Waals surface area contributed by atoms with Crippen molar-refractivity contribution in [2.24, 2.45) is 0 Å². The Morgan fingerprint density at radius 1 is 1.26 bits per heavy atom. The van der Waals surface area contributed by atoms with Gasteiger partial charge in [-0.25, -0.2) is 0 Å². The summed E-state index contributed by atoms with van der Waals surface area (Å²) in [5.74, 6) is 0.855. The van der Waals surface area contributed by atoms with Crippen LogP contribution in [0.2, 0.25) is 5.02 Å². The van der Waals surface area contributed by atoms with Crippen LogP contribution in [-0.2, 0) is 16.1 Å². The number of carbonyl (C=O) groups is 1. The quantitative estimate of drug-likeness (QED) is 0.614. The van der Waals surface area contributed by atoms with Crippen molar-refractivity contribution >= 4 is 17.6 Å². The van der Waals surface area contributed by atoms with Gasteiger partial charge < -0.3 is 19.5 Å². The fourth-order valence-electron chi connectivity index (χ4n) is 1.58. The number of esters is 1. The molecule has 0 aromatic heterocycles. The van der Waals surface area contributed by atoms with Crippen LogP contribution in [0.5, 0.6) is 11.5 Å². The minimum Gasteiger partial charge on any atom is -0.493 e. The molecule has 0 aliphatic rings. The number of halogens is 1. The van der Waals surface area contributed by atoms with Crippen LogP contribution in [0.15, 0.2) is 12.1 Å². The number of ether oxygens (including phenoxy) is 3. The van der Waals surface area contributed by atoms with Crippen molar-refractivity contribution < 1.29 is 19.0 Å². The van der Waals surface area contributed by atoms with E-state index in [9.17, 15) is 4.79 Å². The molecule has 0 spiro atoms. The third kappa shape index (κ3) is 4.29. The van der Waals surface area contributed by atoms with Crippen molar-refractivity contribution in [2.45, 2.75) is 13.0 Å². The molecular weight excluding hydrogens is 270 g/mol. The first-order chi connectivity index (χ1) is 9.13. The molecule has 1 aromatic rings. The maximum absolute atomic E-state index is 10.9. The van der Waals surface area contributed by atoms with Gasteiger partial charge in [0.15, 0.2) is 11.5 Å². The zero-order chi connectivity index (χ0) is 14.3. The normalized spacial score (nSPS) is 10.1. The number of hydrogen-bond acceptors (Lipinski definition) is 5. The van der Waals surface area contributed by atoms with E-state index in [4.69, 9.17) is 21.1 Å². The lowest BCUT2D eigenvalue weighted by molar-refractivity contribution is -0.140. The smallest absolute Gasteiger partial charge is 0.306 e. The van der Waals surface area contributed by atoms with Crippen molar-refractivity contribution in [3.8, 4) is 11.5 Å². The fraction of sp³-hybridized carbons (Fsp3) is 0.462. The van der Waals surface area contributed by atoms with E-state index in [1.165, 1.54) is 14.2 Å². The summed E-state index contributed by atoms with van der Waals surface area (Å²) in [6.07, 6.45) is 0.321. The van der Waals surface area contributed by atoms with Gasteiger partial charge in [-0.1, -0.05) is 17.7 Å². The molecule has 0 saturated heterocycles. The van der Waals surface area contributed by atoms with Gasteiger partial charge in [-0.05, 0) is 11.6 Å². The van der Waals surface area contributed by atoms with Crippen LogP contribution in [0.3, 0.4) is 0 Å². The molecule has 0 heterocycles. The Hall–Kier alpha value is -1.46. The molecule has 0 aliphatic heterocycles. The van der Waals surface area contributed by atoms with E-state index in [2.05, 4.69) is 10.1 Å². The fourth-order valence-corrected chi connectivity index (χ4v) is 1.88. The first-order valence-corrected chi connectivity index (χ1v) is 6.18. The second-order valence-corrected chi connectivity index (χ2v) is 4.16. The number of carbonyl (C=O) groups excluding carboxylic acids is 1. The first-order valence-electron chi connectivity index (χ1n) is 5.81. The molecule has 6 heteroatoms. The second kappa shape index (κ2) is 7.86. The van der Waals surface area contributed by atoms with Crippen LogP contribution in [-0.4, -0.2) is 33.8 Å². The van der Waals surface area contributed by atoms with E-state index in [-0.39, 0.29) is 5.97 Å². The Bertz CT molecular complexity index is 437. The van der Waals surface area contributed by atoms with Gasteiger partial charge in [0.05, 0.1) is 32.8 Å². The van der Waals surface area contributed by atoms with Crippen LogP contribution in [0.4, 0.5) is 0 Å². The molecule has 1 aromatic carbocycles. The highest BCUT2D eigenvalue weighted by atomic mass is 35.5. The maximum Gasteiger partial charge on any atom is 0.306 e. The van der Waals surface area contributed by atoms with Crippen molar-refractivity contribution in [1.29, 1.82) is 0 Å². The molecule has 0 unspecified atom stereocenters. The lowest BCUT2D eigenvalue weighted by Gasteiger charge is -2.13. The Kier molecular flexibility index (Phi) is 6.45. The van der Waals surface area contributed by atoms with Gasteiger partial charge in [0.2, 0.25) is 0 Å². The van der Waals surface area contributed by atoms with Gasteiger partial charge in [-0.3, -0.25) is 4.79 Å². The Labute approximate surface area is 117 Å². The predicted octanol–water partition coefficient (Wildman–Crippen LogP) is 2.01. The summed E-state index contributed by atoms with van der Waals surface area (Å²) in [7, 11) is 4.47. The summed E-state index contributed by atoms with van der Waals surface area (Å²) in [4.78, 5) is 10.9. The summed E-state index contributed by atoms with van der Waals surface area (Å²) in [5, 5.41) is 3.62. The zero-order valence-corrected chi connectivity index (χ0v) is 12.0. The predicted molar refractivity (Wildman–Crippen MR) is 72.9 cm³/mol. The van der Waals surface area contributed by atoms with Crippen LogP contribution in [0, 0.1) is 0 Å². The molecule has 0 aliphatic carbocycles. The highest BCUT2D eigenvalue weighted by molar-refractivity contribution is 6.33. The zero-order valence-electron chi connectivity index (χ0n) is 11.3. The molecule has 5 nitrogen and oxygen atoms in total. The third-order valence-corrected chi connectivity index (χ3v) is 3.03. The van der Waals surface area contributed by atoms with Crippen LogP contribution < -0.4 is 14.8 Å². The molecule has 0 radical (unpaired) electrons. The topological polar surface area (TPSA) is 56.8 Å². The summed E-state index contributed by atoms with van der Waals surface area (Å²) in [6.45, 7) is 1.06. The summed E-state index contributed by atoms with van der Waals surface area (Å²) >= 11 is 6.22. The number of hydrogen-bond donors (Lipinski definition) is 1. The van der Waals surface area contributed by atoms with Crippen molar-refractivity contribution in [3.05, 3.63) is 22.7 Å². The Morgan fingerprint density at radius 2 is 2.00 bits per heavy atom. The van der Waals surface area contributed by atoms with E-state index in [1.807, 2.05) is 6.07 Å². The van der Waals surface area contributed by atoms with Gasteiger partial charge in [-0.2, -0.15) is 0 Å². The van der Waals surface area contributed by atoms with Crippen LogP contribution in [0.25, 0.3) is 0 Å². The SMILES string of the molecule is COC(=O)CCNCc1ccc(OC)c(OC)c1Cl. The van der Waals surface area contributed by atoms with Crippen molar-refractivity contribution in [3.63, 3.8) is 0 Å². The minimum absolute atomic E-state index is 0.245. The third-order valence-electron chi connectivity index (χ3n) is 2.61. The van der Waals surface area contributed by atoms with Gasteiger partial charge in [-0.15, -0.1) is 0 Å². The number of benzene rings is 1. The van der Waals surface area contributed by atoms with Gasteiger partial charge in [0, 0.05) is 13.1 Å². The molecule has 1 N–H and O–H groups in total. The average Bonchev–Trinajstić information content (AvgIpc) is 2.44. The van der Waals surface area contributed by atoms with E-state index in [0.29, 0.717) is 36.0 Å². The minimum atomic E-state index is -0.245. The summed E-state index contributed by atoms with van der Waals surface area (Å²) in [5.41, 5.74) is 0.879. The largest absolute Gasteiger partial charge is 0.493 e. The monoisotopic (exact) mass is 287 g/mol. The lowest BCUT2D eigenvalue weighted by atomic mass is 10.2. The van der Waals surface area contributed by atoms with Gasteiger partial charge in [0.25, 0.3) is 0 Å². The Balaban J connectivity index is 2.62. The lowest BCUT2D eigenvalue weighted by Crippen LogP contribution is -2.18. The molecule has 106 valence electrons. The van der Waals surface area contributed by atoms with E-state index in [0.717, 1.165) is 5.56 Å². The molecule has 0 amide bonds. The molecule has 0 atom stereocenters. The highest BCUT2D eigenvalue weighted by Crippen LogP contribution is 2.37. The molecule has 1 rings (SSSR count). The number of nitrogens with one attached hydrogen (secondary N) is 1. The van der Waals surface area contributed by atoms with E-state index < -0.39 is 0 Å². The molecule has 0 bridgehead atoms. The maximum atomic E-state index is 10.9. The number of rotatable bonds is 7. The van der Waals surface area contributed by atoms with Gasteiger partial charge in [0.1, 0.15) is 0 Å². The van der Waals surface area contributed by atoms with Crippen molar-refractivity contribution in [1.82, 2.24) is 5.32 Å². The summed E-state index contributed by atoms with van der Waals surface area (Å²) in [6, 6.07) is 3.65. The average molecular weight is 288 g/mol. The molecule has 0 fully saturated rings. The summed E-state index contributed by atoms with van der Waals surface area (Å²) < 4.78 is 14.9.